The summed E-state index contributed by atoms with van der Waals surface area (Å²) in [4.78, 5) is 0.286. The van der Waals surface area contributed by atoms with E-state index in [2.05, 4.69) is 4.72 Å². The monoisotopic (exact) mass is 256 g/mol. The van der Waals surface area contributed by atoms with E-state index in [-0.39, 0.29) is 23.4 Å². The minimum absolute atomic E-state index is 0.172. The van der Waals surface area contributed by atoms with Crippen molar-refractivity contribution < 1.29 is 8.42 Å². The van der Waals surface area contributed by atoms with Crippen molar-refractivity contribution in [3.63, 3.8) is 0 Å². The molecule has 17 heavy (non-hydrogen) atoms. The van der Waals surface area contributed by atoms with E-state index in [9.17, 15) is 8.42 Å². The lowest BCUT2D eigenvalue weighted by atomic mass is 10.1. The number of hydrogen-bond donors (Lipinski definition) is 2. The summed E-state index contributed by atoms with van der Waals surface area (Å²) in [7, 11) is -3.44. The van der Waals surface area contributed by atoms with Crippen molar-refractivity contribution >= 4 is 10.0 Å². The van der Waals surface area contributed by atoms with E-state index in [0.29, 0.717) is 0 Å². The first-order chi connectivity index (χ1) is 7.83. The number of sulfonamides is 1. The quantitative estimate of drug-likeness (QED) is 0.833. The van der Waals surface area contributed by atoms with E-state index >= 15 is 0 Å². The molecule has 0 heterocycles. The summed E-state index contributed by atoms with van der Waals surface area (Å²) >= 11 is 0. The Balaban J connectivity index is 2.76. The molecule has 1 rings (SSSR count). The predicted molar refractivity (Wildman–Crippen MR) is 69.2 cm³/mol. The van der Waals surface area contributed by atoms with Crippen LogP contribution < -0.4 is 10.5 Å². The van der Waals surface area contributed by atoms with Gasteiger partial charge >= 0.3 is 0 Å². The second-order valence-electron chi connectivity index (χ2n) is 4.58. The van der Waals surface area contributed by atoms with Gasteiger partial charge in [-0.1, -0.05) is 26.0 Å². The smallest absolute Gasteiger partial charge is 0.240 e. The number of rotatable bonds is 5. The first-order valence-corrected chi connectivity index (χ1v) is 7.13. The highest BCUT2D eigenvalue weighted by Crippen LogP contribution is 2.10. The molecular formula is C12H20N2O2S. The minimum Gasteiger partial charge on any atom is -0.326 e. The van der Waals surface area contributed by atoms with E-state index < -0.39 is 10.0 Å². The number of nitrogens with one attached hydrogen (secondary N) is 1. The highest BCUT2D eigenvalue weighted by Gasteiger charge is 2.16. The van der Waals surface area contributed by atoms with Crippen LogP contribution >= 0.6 is 0 Å². The zero-order chi connectivity index (χ0) is 13.1. The maximum Gasteiger partial charge on any atom is 0.240 e. The molecule has 0 saturated carbocycles. The Bertz CT molecular complexity index is 469. The fourth-order valence-electron chi connectivity index (χ4n) is 1.31. The minimum atomic E-state index is -3.44. The van der Waals surface area contributed by atoms with Crippen LogP contribution in [0, 0.1) is 12.8 Å². The summed E-state index contributed by atoms with van der Waals surface area (Å²) in [5.41, 5.74) is 6.72. The molecule has 96 valence electrons. The number of nitrogens with two attached hydrogens (primary N) is 1. The molecule has 0 aliphatic heterocycles. The maximum absolute atomic E-state index is 11.9. The summed E-state index contributed by atoms with van der Waals surface area (Å²) in [6.45, 7) is 6.05. The van der Waals surface area contributed by atoms with Gasteiger partial charge in [0.05, 0.1) is 4.90 Å². The van der Waals surface area contributed by atoms with Crippen LogP contribution in [-0.2, 0) is 10.0 Å². The Morgan fingerprint density at radius 3 is 2.53 bits per heavy atom. The Morgan fingerprint density at radius 1 is 1.35 bits per heavy atom. The van der Waals surface area contributed by atoms with Gasteiger partial charge in [-0.15, -0.1) is 0 Å². The van der Waals surface area contributed by atoms with Gasteiger partial charge in [0.15, 0.2) is 0 Å². The van der Waals surface area contributed by atoms with Crippen molar-refractivity contribution in [2.45, 2.75) is 31.7 Å². The average molecular weight is 256 g/mol. The second kappa shape index (κ2) is 5.62. The first-order valence-electron chi connectivity index (χ1n) is 5.65. The van der Waals surface area contributed by atoms with Crippen molar-refractivity contribution in [1.82, 2.24) is 4.72 Å². The zero-order valence-electron chi connectivity index (χ0n) is 10.5. The Labute approximate surface area is 103 Å². The lowest BCUT2D eigenvalue weighted by molar-refractivity contribution is 0.481. The fourth-order valence-corrected chi connectivity index (χ4v) is 2.48. The molecule has 0 bridgehead atoms. The van der Waals surface area contributed by atoms with Crippen LogP contribution in [0.15, 0.2) is 29.2 Å². The van der Waals surface area contributed by atoms with Gasteiger partial charge < -0.3 is 5.73 Å². The molecule has 5 heteroatoms. The van der Waals surface area contributed by atoms with Gasteiger partial charge in [0.25, 0.3) is 0 Å². The van der Waals surface area contributed by atoms with Crippen LogP contribution in [0.2, 0.25) is 0 Å². The number of benzene rings is 1. The molecule has 1 atom stereocenters. The van der Waals surface area contributed by atoms with Crippen molar-refractivity contribution in [1.29, 1.82) is 0 Å². The lowest BCUT2D eigenvalue weighted by Crippen LogP contribution is -2.40. The molecule has 0 aliphatic rings. The van der Waals surface area contributed by atoms with Gasteiger partial charge in [-0.05, 0) is 30.5 Å². The molecule has 1 aromatic rings. The van der Waals surface area contributed by atoms with Crippen LogP contribution in [0.1, 0.15) is 19.4 Å². The molecule has 1 unspecified atom stereocenters. The normalized spacial score (nSPS) is 13.9. The van der Waals surface area contributed by atoms with Crippen molar-refractivity contribution in [2.24, 2.45) is 11.7 Å². The Kier molecular flexibility index (Phi) is 4.68. The van der Waals surface area contributed by atoms with Crippen molar-refractivity contribution in [3.8, 4) is 0 Å². The van der Waals surface area contributed by atoms with Gasteiger partial charge in [-0.25, -0.2) is 13.1 Å². The average Bonchev–Trinajstić information content (AvgIpc) is 2.26. The lowest BCUT2D eigenvalue weighted by Gasteiger charge is -2.16. The van der Waals surface area contributed by atoms with Gasteiger partial charge in [0.2, 0.25) is 10.0 Å². The van der Waals surface area contributed by atoms with Crippen LogP contribution in [-0.4, -0.2) is 21.0 Å². The Hall–Kier alpha value is -0.910. The molecule has 0 fully saturated rings. The number of aryl methyl sites for hydroxylation is 1. The summed E-state index contributed by atoms with van der Waals surface area (Å²) in [5, 5.41) is 0. The number of hydrogen-bond acceptors (Lipinski definition) is 3. The van der Waals surface area contributed by atoms with E-state index in [1.54, 1.807) is 18.2 Å². The molecular weight excluding hydrogens is 236 g/mol. The van der Waals surface area contributed by atoms with Gasteiger partial charge in [0, 0.05) is 12.6 Å². The topological polar surface area (TPSA) is 72.2 Å². The molecule has 0 saturated heterocycles. The molecule has 0 spiro atoms. The molecule has 1 aromatic carbocycles. The van der Waals surface area contributed by atoms with Gasteiger partial charge in [0.1, 0.15) is 0 Å². The van der Waals surface area contributed by atoms with Crippen LogP contribution in [0.5, 0.6) is 0 Å². The fraction of sp³-hybridized carbons (Fsp3) is 0.500. The predicted octanol–water partition coefficient (Wildman–Crippen LogP) is 1.26. The van der Waals surface area contributed by atoms with Crippen molar-refractivity contribution in [2.75, 3.05) is 6.54 Å². The van der Waals surface area contributed by atoms with Gasteiger partial charge in [-0.2, -0.15) is 0 Å². The molecule has 0 aromatic heterocycles. The van der Waals surface area contributed by atoms with E-state index in [1.165, 1.54) is 0 Å². The third-order valence-corrected chi connectivity index (χ3v) is 4.09. The summed E-state index contributed by atoms with van der Waals surface area (Å²) in [6, 6.07) is 6.64. The highest BCUT2D eigenvalue weighted by molar-refractivity contribution is 7.89. The third kappa shape index (κ3) is 4.11. The highest BCUT2D eigenvalue weighted by atomic mass is 32.2. The third-order valence-electron chi connectivity index (χ3n) is 2.67. The summed E-state index contributed by atoms with van der Waals surface area (Å²) in [6.07, 6.45) is 0. The molecule has 4 nitrogen and oxygen atoms in total. The molecule has 0 radical (unpaired) electrons. The summed E-state index contributed by atoms with van der Waals surface area (Å²) < 4.78 is 26.4. The Morgan fingerprint density at radius 2 is 2.00 bits per heavy atom. The first kappa shape index (κ1) is 14.2. The molecule has 0 amide bonds. The standard InChI is InChI=1S/C12H20N2O2S/c1-9(2)12(13)8-14-17(15,16)11-6-4-5-10(3)7-11/h4-7,9,12,14H,8,13H2,1-3H3. The van der Waals surface area contributed by atoms with Crippen molar-refractivity contribution in [3.05, 3.63) is 29.8 Å². The zero-order valence-corrected chi connectivity index (χ0v) is 11.3. The summed E-state index contributed by atoms with van der Waals surface area (Å²) in [5.74, 6) is 0.246. The maximum atomic E-state index is 11.9. The van der Waals surface area contributed by atoms with E-state index in [1.807, 2.05) is 26.8 Å². The SMILES string of the molecule is Cc1cccc(S(=O)(=O)NCC(N)C(C)C)c1. The largest absolute Gasteiger partial charge is 0.326 e. The second-order valence-corrected chi connectivity index (χ2v) is 6.34. The van der Waals surface area contributed by atoms with Crippen LogP contribution in [0.4, 0.5) is 0 Å². The van der Waals surface area contributed by atoms with Crippen LogP contribution in [0.3, 0.4) is 0 Å². The van der Waals surface area contributed by atoms with E-state index in [4.69, 9.17) is 5.73 Å². The molecule has 0 aliphatic carbocycles. The van der Waals surface area contributed by atoms with Crippen LogP contribution in [0.25, 0.3) is 0 Å². The van der Waals surface area contributed by atoms with E-state index in [0.717, 1.165) is 5.56 Å². The molecule has 3 N–H and O–H groups in total. The van der Waals surface area contributed by atoms with Gasteiger partial charge in [-0.3, -0.25) is 0 Å².